The Morgan fingerprint density at radius 1 is 1.33 bits per heavy atom. The van der Waals surface area contributed by atoms with Gasteiger partial charge in [0.15, 0.2) is 5.82 Å². The molecule has 0 aromatic heterocycles. The molecule has 1 fully saturated rings. The van der Waals surface area contributed by atoms with Crippen LogP contribution in [0.5, 0.6) is 0 Å². The zero-order valence-electron chi connectivity index (χ0n) is 12.4. The van der Waals surface area contributed by atoms with Crippen LogP contribution in [0.3, 0.4) is 0 Å². The van der Waals surface area contributed by atoms with E-state index in [1.807, 2.05) is 0 Å². The van der Waals surface area contributed by atoms with Crippen LogP contribution in [0.2, 0.25) is 0 Å². The lowest BCUT2D eigenvalue weighted by molar-refractivity contribution is 0.0750. The summed E-state index contributed by atoms with van der Waals surface area (Å²) in [5, 5.41) is 0. The fourth-order valence-corrected chi connectivity index (χ4v) is 2.99. The molecule has 1 atom stereocenters. The second-order valence-electron chi connectivity index (χ2n) is 5.70. The molecule has 116 valence electrons. The molecule has 1 aromatic rings. The zero-order valence-corrected chi connectivity index (χ0v) is 12.4. The van der Waals surface area contributed by atoms with Crippen molar-refractivity contribution in [1.82, 2.24) is 4.90 Å². The molecule has 5 heteroatoms. The molecular formula is C16H22F2N2O. The summed E-state index contributed by atoms with van der Waals surface area (Å²) in [6, 6.07) is 2.19. The number of hydrogen-bond acceptors (Lipinski definition) is 2. The summed E-state index contributed by atoms with van der Waals surface area (Å²) in [5.41, 5.74) is 4.72. The minimum absolute atomic E-state index is 0.196. The fourth-order valence-electron chi connectivity index (χ4n) is 2.99. The Kier molecular flexibility index (Phi) is 5.15. The Balaban J connectivity index is 2.15. The standard InChI is InChI=1S/C16H22F2N2O/c1-2-4-11-5-3-9-20(10-8-11)16(21)14-12(17)6-7-13(19)15(14)18/h6-7,11H,2-5,8-10,19H2,1H3. The molecule has 0 radical (unpaired) electrons. The van der Waals surface area contributed by atoms with Gasteiger partial charge in [-0.15, -0.1) is 0 Å². The van der Waals surface area contributed by atoms with Crippen LogP contribution >= 0.6 is 0 Å². The number of halogens is 2. The van der Waals surface area contributed by atoms with E-state index in [1.54, 1.807) is 4.90 Å². The Morgan fingerprint density at radius 2 is 2.10 bits per heavy atom. The van der Waals surface area contributed by atoms with Crippen LogP contribution in [0, 0.1) is 17.6 Å². The number of benzene rings is 1. The Labute approximate surface area is 124 Å². The number of anilines is 1. The number of nitrogens with zero attached hydrogens (tertiary/aromatic N) is 1. The summed E-state index contributed by atoms with van der Waals surface area (Å²) in [7, 11) is 0. The average Bonchev–Trinajstić information content (AvgIpc) is 2.69. The molecular weight excluding hydrogens is 274 g/mol. The van der Waals surface area contributed by atoms with Gasteiger partial charge in [-0.05, 0) is 37.3 Å². The highest BCUT2D eigenvalue weighted by Crippen LogP contribution is 2.25. The van der Waals surface area contributed by atoms with E-state index < -0.39 is 23.1 Å². The van der Waals surface area contributed by atoms with Gasteiger partial charge >= 0.3 is 0 Å². The molecule has 1 aliphatic heterocycles. The number of rotatable bonds is 3. The lowest BCUT2D eigenvalue weighted by atomic mass is 9.96. The molecule has 1 aromatic carbocycles. The van der Waals surface area contributed by atoms with Crippen molar-refractivity contribution in [2.75, 3.05) is 18.8 Å². The first kappa shape index (κ1) is 15.7. The quantitative estimate of drug-likeness (QED) is 0.866. The topological polar surface area (TPSA) is 46.3 Å². The fraction of sp³-hybridized carbons (Fsp3) is 0.562. The van der Waals surface area contributed by atoms with Crippen molar-refractivity contribution in [3.63, 3.8) is 0 Å². The van der Waals surface area contributed by atoms with E-state index in [9.17, 15) is 13.6 Å². The van der Waals surface area contributed by atoms with Crippen molar-refractivity contribution in [2.45, 2.75) is 39.0 Å². The number of nitrogen functional groups attached to an aromatic ring is 1. The van der Waals surface area contributed by atoms with Gasteiger partial charge in [0.1, 0.15) is 11.4 Å². The highest BCUT2D eigenvalue weighted by molar-refractivity contribution is 5.95. The molecule has 0 bridgehead atoms. The number of amides is 1. The average molecular weight is 296 g/mol. The van der Waals surface area contributed by atoms with Gasteiger partial charge in [-0.3, -0.25) is 4.79 Å². The van der Waals surface area contributed by atoms with Gasteiger partial charge in [0.25, 0.3) is 5.91 Å². The number of carbonyl (C=O) groups excluding carboxylic acids is 1. The molecule has 1 aliphatic rings. The molecule has 1 amide bonds. The first-order valence-corrected chi connectivity index (χ1v) is 7.57. The number of hydrogen-bond donors (Lipinski definition) is 1. The number of likely N-dealkylation sites (tertiary alicyclic amines) is 1. The molecule has 2 rings (SSSR count). The predicted molar refractivity (Wildman–Crippen MR) is 78.9 cm³/mol. The second kappa shape index (κ2) is 6.87. The normalized spacial score (nSPS) is 19.4. The predicted octanol–water partition coefficient (Wildman–Crippen LogP) is 3.59. The van der Waals surface area contributed by atoms with E-state index >= 15 is 0 Å². The summed E-state index contributed by atoms with van der Waals surface area (Å²) < 4.78 is 27.7. The van der Waals surface area contributed by atoms with Gasteiger partial charge in [-0.1, -0.05) is 19.8 Å². The van der Waals surface area contributed by atoms with E-state index in [0.29, 0.717) is 19.0 Å². The number of nitrogens with two attached hydrogens (primary N) is 1. The minimum Gasteiger partial charge on any atom is -0.396 e. The van der Waals surface area contributed by atoms with E-state index in [-0.39, 0.29) is 5.69 Å². The first-order valence-electron chi connectivity index (χ1n) is 7.57. The molecule has 1 saturated heterocycles. The third-order valence-corrected chi connectivity index (χ3v) is 4.17. The summed E-state index contributed by atoms with van der Waals surface area (Å²) in [4.78, 5) is 14.0. The van der Waals surface area contributed by atoms with E-state index in [4.69, 9.17) is 5.73 Å². The van der Waals surface area contributed by atoms with Crippen molar-refractivity contribution in [2.24, 2.45) is 5.92 Å². The van der Waals surface area contributed by atoms with Gasteiger partial charge in [-0.25, -0.2) is 8.78 Å². The van der Waals surface area contributed by atoms with E-state index in [1.165, 1.54) is 0 Å². The van der Waals surface area contributed by atoms with Gasteiger partial charge in [0.2, 0.25) is 0 Å². The van der Waals surface area contributed by atoms with Crippen LogP contribution < -0.4 is 5.73 Å². The molecule has 1 heterocycles. The number of carbonyl (C=O) groups is 1. The third kappa shape index (κ3) is 3.52. The van der Waals surface area contributed by atoms with Crippen LogP contribution in [-0.2, 0) is 0 Å². The van der Waals surface area contributed by atoms with Gasteiger partial charge in [0.05, 0.1) is 5.69 Å². The van der Waals surface area contributed by atoms with E-state index in [0.717, 1.165) is 44.2 Å². The molecule has 0 spiro atoms. The van der Waals surface area contributed by atoms with Crippen LogP contribution in [0.1, 0.15) is 49.4 Å². The van der Waals surface area contributed by atoms with Crippen molar-refractivity contribution in [3.8, 4) is 0 Å². The molecule has 0 aliphatic carbocycles. The molecule has 21 heavy (non-hydrogen) atoms. The smallest absolute Gasteiger partial charge is 0.259 e. The summed E-state index contributed by atoms with van der Waals surface area (Å²) >= 11 is 0. The SMILES string of the molecule is CCCC1CCCN(C(=O)c2c(F)ccc(N)c2F)CC1. The lowest BCUT2D eigenvalue weighted by Gasteiger charge is -2.21. The summed E-state index contributed by atoms with van der Waals surface area (Å²) in [6.07, 6.45) is 5.10. The third-order valence-electron chi connectivity index (χ3n) is 4.17. The Morgan fingerprint density at radius 3 is 2.81 bits per heavy atom. The van der Waals surface area contributed by atoms with Crippen LogP contribution in [0.25, 0.3) is 0 Å². The summed E-state index contributed by atoms with van der Waals surface area (Å²) in [6.45, 7) is 3.25. The van der Waals surface area contributed by atoms with Crippen molar-refractivity contribution in [1.29, 1.82) is 0 Å². The summed E-state index contributed by atoms with van der Waals surface area (Å²) in [5.74, 6) is -1.78. The van der Waals surface area contributed by atoms with Gasteiger partial charge in [0, 0.05) is 13.1 Å². The monoisotopic (exact) mass is 296 g/mol. The largest absolute Gasteiger partial charge is 0.396 e. The lowest BCUT2D eigenvalue weighted by Crippen LogP contribution is -2.33. The maximum atomic E-state index is 14.0. The molecule has 3 nitrogen and oxygen atoms in total. The van der Waals surface area contributed by atoms with Crippen LogP contribution in [-0.4, -0.2) is 23.9 Å². The van der Waals surface area contributed by atoms with Crippen LogP contribution in [0.4, 0.5) is 14.5 Å². The minimum atomic E-state index is -0.950. The second-order valence-corrected chi connectivity index (χ2v) is 5.70. The van der Waals surface area contributed by atoms with Crippen molar-refractivity contribution >= 4 is 11.6 Å². The molecule has 1 unspecified atom stereocenters. The first-order chi connectivity index (χ1) is 10.0. The van der Waals surface area contributed by atoms with Gasteiger partial charge in [-0.2, -0.15) is 0 Å². The maximum absolute atomic E-state index is 14.0. The van der Waals surface area contributed by atoms with Crippen molar-refractivity contribution < 1.29 is 13.6 Å². The zero-order chi connectivity index (χ0) is 15.4. The highest BCUT2D eigenvalue weighted by Gasteiger charge is 2.26. The van der Waals surface area contributed by atoms with Gasteiger partial charge < -0.3 is 10.6 Å². The molecule has 2 N–H and O–H groups in total. The van der Waals surface area contributed by atoms with Crippen LogP contribution in [0.15, 0.2) is 12.1 Å². The van der Waals surface area contributed by atoms with E-state index in [2.05, 4.69) is 6.92 Å². The van der Waals surface area contributed by atoms with Crippen molar-refractivity contribution in [3.05, 3.63) is 29.3 Å². The Bertz CT molecular complexity index is 519. The molecule has 0 saturated carbocycles. The Hall–Kier alpha value is -1.65. The maximum Gasteiger partial charge on any atom is 0.259 e. The highest BCUT2D eigenvalue weighted by atomic mass is 19.1.